The lowest BCUT2D eigenvalue weighted by atomic mass is 9.95. The highest BCUT2D eigenvalue weighted by Gasteiger charge is 2.27. The van der Waals surface area contributed by atoms with Crippen LogP contribution in [0.3, 0.4) is 0 Å². The predicted molar refractivity (Wildman–Crippen MR) is 131 cm³/mol. The number of hydrogen-bond donors (Lipinski definition) is 4. The molecule has 0 unspecified atom stereocenters. The van der Waals surface area contributed by atoms with Gasteiger partial charge < -0.3 is 20.6 Å². The van der Waals surface area contributed by atoms with Gasteiger partial charge in [0.1, 0.15) is 5.75 Å². The summed E-state index contributed by atoms with van der Waals surface area (Å²) in [4.78, 5) is 38.2. The maximum atomic E-state index is 12.3. The normalized spacial score (nSPS) is 14.6. The number of halogens is 1. The Bertz CT molecular complexity index is 1120. The Hall–Kier alpha value is -3.18. The first kappa shape index (κ1) is 23.5. The van der Waals surface area contributed by atoms with Crippen molar-refractivity contribution in [2.24, 2.45) is 0 Å². The van der Waals surface area contributed by atoms with E-state index in [9.17, 15) is 19.5 Å². The zero-order valence-corrected chi connectivity index (χ0v) is 19.8. The second kappa shape index (κ2) is 10.4. The Labute approximate surface area is 199 Å². The number of phenols is 1. The fourth-order valence-electron chi connectivity index (χ4n) is 3.05. The first-order valence-electron chi connectivity index (χ1n) is 9.78. The van der Waals surface area contributed by atoms with Gasteiger partial charge in [0, 0.05) is 40.1 Å². The highest BCUT2D eigenvalue weighted by molar-refractivity contribution is 14.1. The molecule has 8 nitrogen and oxygen atoms in total. The summed E-state index contributed by atoms with van der Waals surface area (Å²) >= 11 is 2.13. The van der Waals surface area contributed by atoms with Crippen LogP contribution in [0.5, 0.6) is 5.75 Å². The number of imide groups is 1. The second-order valence-corrected chi connectivity index (χ2v) is 8.66. The molecule has 3 amide bonds. The van der Waals surface area contributed by atoms with E-state index in [-0.39, 0.29) is 11.7 Å². The minimum absolute atomic E-state index is 0.0628. The van der Waals surface area contributed by atoms with Crippen LogP contribution in [0, 0.1) is 3.57 Å². The summed E-state index contributed by atoms with van der Waals surface area (Å²) < 4.78 is 0.911. The van der Waals surface area contributed by atoms with Gasteiger partial charge in [0.15, 0.2) is 0 Å². The van der Waals surface area contributed by atoms with Gasteiger partial charge in [-0.3, -0.25) is 19.7 Å². The van der Waals surface area contributed by atoms with Crippen LogP contribution >= 0.6 is 22.6 Å². The second-order valence-electron chi connectivity index (χ2n) is 7.42. The number of anilines is 1. The van der Waals surface area contributed by atoms with E-state index in [1.54, 1.807) is 42.6 Å². The van der Waals surface area contributed by atoms with Gasteiger partial charge in [-0.2, -0.15) is 0 Å². The van der Waals surface area contributed by atoms with Crippen molar-refractivity contribution in [1.29, 1.82) is 0 Å². The fourth-order valence-corrected chi connectivity index (χ4v) is 3.54. The summed E-state index contributed by atoms with van der Waals surface area (Å²) in [5.41, 5.74) is 2.42. The molecule has 0 fully saturated rings. The van der Waals surface area contributed by atoms with Crippen LogP contribution in [-0.2, 0) is 16.1 Å². The number of benzene rings is 2. The molecule has 2 aromatic rings. The third-order valence-corrected chi connectivity index (χ3v) is 5.27. The van der Waals surface area contributed by atoms with Crippen LogP contribution in [0.15, 0.2) is 54.8 Å². The topological polar surface area (TPSA) is 111 Å². The number of nitrogens with zero attached hydrogens (tertiary/aromatic N) is 1. The van der Waals surface area contributed by atoms with Gasteiger partial charge in [-0.25, -0.2) is 0 Å². The highest BCUT2D eigenvalue weighted by Crippen LogP contribution is 2.26. The van der Waals surface area contributed by atoms with Crippen LogP contribution in [0.25, 0.3) is 5.57 Å². The summed E-state index contributed by atoms with van der Waals surface area (Å²) in [6.07, 6.45) is 4.70. The van der Waals surface area contributed by atoms with E-state index in [0.29, 0.717) is 35.5 Å². The van der Waals surface area contributed by atoms with Crippen LogP contribution < -0.4 is 16.0 Å². The quantitative estimate of drug-likeness (QED) is 0.184. The van der Waals surface area contributed by atoms with Gasteiger partial charge in [0.05, 0.1) is 11.3 Å². The van der Waals surface area contributed by atoms with Gasteiger partial charge in [-0.15, -0.1) is 0 Å². The number of carbonyl (C=O) groups excluding carboxylic acids is 3. The fraction of sp³-hybridized carbons (Fsp3) is 0.174. The molecule has 0 aliphatic carbocycles. The molecule has 0 radical (unpaired) electrons. The minimum Gasteiger partial charge on any atom is -0.506 e. The molecular weight excluding hydrogens is 523 g/mol. The molecule has 0 aromatic heterocycles. The molecule has 0 saturated heterocycles. The molecule has 1 aliphatic heterocycles. The van der Waals surface area contributed by atoms with Crippen molar-refractivity contribution in [3.8, 4) is 5.75 Å². The predicted octanol–water partition coefficient (Wildman–Crippen LogP) is 2.45. The zero-order valence-electron chi connectivity index (χ0n) is 17.6. The molecule has 0 saturated carbocycles. The Kier molecular flexibility index (Phi) is 7.65. The average molecular weight is 546 g/mol. The Morgan fingerprint density at radius 2 is 1.91 bits per heavy atom. The van der Waals surface area contributed by atoms with E-state index in [1.165, 1.54) is 12.1 Å². The SMILES string of the molecule is CN(C)CC=CC(=O)Nc1ccc(CNC=C2C(=O)NC(=O)c3ccc(I)cc32)cc1O. The lowest BCUT2D eigenvalue weighted by Gasteiger charge is -2.18. The molecule has 2 aromatic carbocycles. The van der Waals surface area contributed by atoms with Crippen LogP contribution in [0.1, 0.15) is 21.5 Å². The third kappa shape index (κ3) is 5.95. The molecule has 4 N–H and O–H groups in total. The van der Waals surface area contributed by atoms with Gasteiger partial charge in [0.25, 0.3) is 11.8 Å². The summed E-state index contributed by atoms with van der Waals surface area (Å²) in [5.74, 6) is -1.28. The minimum atomic E-state index is -0.472. The largest absolute Gasteiger partial charge is 0.506 e. The Morgan fingerprint density at radius 1 is 1.12 bits per heavy atom. The van der Waals surface area contributed by atoms with Gasteiger partial charge in [-0.1, -0.05) is 12.1 Å². The number of aromatic hydroxyl groups is 1. The molecule has 0 spiro atoms. The molecule has 32 heavy (non-hydrogen) atoms. The molecule has 166 valence electrons. The first-order valence-corrected chi connectivity index (χ1v) is 10.9. The molecule has 0 atom stereocenters. The van der Waals surface area contributed by atoms with E-state index >= 15 is 0 Å². The van der Waals surface area contributed by atoms with E-state index in [0.717, 1.165) is 9.13 Å². The van der Waals surface area contributed by atoms with E-state index in [1.807, 2.05) is 19.0 Å². The maximum absolute atomic E-state index is 12.3. The molecule has 1 aliphatic rings. The standard InChI is InChI=1S/C23H23IN4O4/c1-28(2)9-3-4-21(30)26-19-8-5-14(10-20(19)29)12-25-13-18-17-11-15(24)6-7-16(17)22(31)27-23(18)32/h3-8,10-11,13,25,29H,9,12H2,1-2H3,(H,26,30)(H,27,31,32). The average Bonchev–Trinajstić information content (AvgIpc) is 2.71. The smallest absolute Gasteiger partial charge is 0.260 e. The van der Waals surface area contributed by atoms with Crippen molar-refractivity contribution in [1.82, 2.24) is 15.5 Å². The number of likely N-dealkylation sites (N-methyl/N-ethyl adjacent to an activating group) is 1. The molecule has 0 bridgehead atoms. The monoisotopic (exact) mass is 546 g/mol. The lowest BCUT2D eigenvalue weighted by molar-refractivity contribution is -0.115. The maximum Gasteiger partial charge on any atom is 0.260 e. The summed E-state index contributed by atoms with van der Waals surface area (Å²) in [6, 6.07) is 10.2. The van der Waals surface area contributed by atoms with Gasteiger partial charge in [0.2, 0.25) is 5.91 Å². The van der Waals surface area contributed by atoms with E-state index in [2.05, 4.69) is 38.5 Å². The van der Waals surface area contributed by atoms with Crippen LogP contribution in [0.2, 0.25) is 0 Å². The number of phenolic OH excluding ortho intramolecular Hbond substituents is 1. The van der Waals surface area contributed by atoms with E-state index in [4.69, 9.17) is 0 Å². The van der Waals surface area contributed by atoms with E-state index < -0.39 is 11.8 Å². The Morgan fingerprint density at radius 3 is 2.62 bits per heavy atom. The van der Waals surface area contributed by atoms with Crippen molar-refractivity contribution in [3.63, 3.8) is 0 Å². The van der Waals surface area contributed by atoms with Crippen molar-refractivity contribution < 1.29 is 19.5 Å². The lowest BCUT2D eigenvalue weighted by Crippen LogP contribution is -2.37. The number of hydrogen-bond acceptors (Lipinski definition) is 6. The third-order valence-electron chi connectivity index (χ3n) is 4.60. The number of rotatable bonds is 7. The molecule has 3 rings (SSSR count). The van der Waals surface area contributed by atoms with Crippen LogP contribution in [-0.4, -0.2) is 48.4 Å². The summed E-state index contributed by atoms with van der Waals surface area (Å²) in [6.45, 7) is 0.962. The number of amides is 3. The van der Waals surface area contributed by atoms with Crippen molar-refractivity contribution in [3.05, 3.63) is 75.0 Å². The van der Waals surface area contributed by atoms with Gasteiger partial charge in [-0.05, 0) is 72.6 Å². The molecular formula is C23H23IN4O4. The van der Waals surface area contributed by atoms with Crippen LogP contribution in [0.4, 0.5) is 5.69 Å². The number of fused-ring (bicyclic) bond motifs is 1. The number of carbonyl (C=O) groups is 3. The highest BCUT2D eigenvalue weighted by atomic mass is 127. The summed E-state index contributed by atoms with van der Waals surface area (Å²) in [5, 5.41) is 18.3. The van der Waals surface area contributed by atoms with Crippen molar-refractivity contribution in [2.75, 3.05) is 26.0 Å². The Balaban J connectivity index is 1.67. The number of nitrogens with one attached hydrogen (secondary N) is 3. The zero-order chi connectivity index (χ0) is 23.3. The van der Waals surface area contributed by atoms with Crippen molar-refractivity contribution >= 4 is 51.6 Å². The molecule has 1 heterocycles. The summed E-state index contributed by atoms with van der Waals surface area (Å²) in [7, 11) is 3.80. The first-order chi connectivity index (χ1) is 15.2. The molecule has 9 heteroatoms. The van der Waals surface area contributed by atoms with Gasteiger partial charge >= 0.3 is 0 Å². The van der Waals surface area contributed by atoms with Crippen molar-refractivity contribution in [2.45, 2.75) is 6.54 Å².